The Bertz CT molecular complexity index is 440. The minimum atomic E-state index is 0.650. The number of anilines is 1. The van der Waals surface area contributed by atoms with Crippen LogP contribution >= 0.6 is 0 Å². The smallest absolute Gasteiger partial charge is 0.295 e. The van der Waals surface area contributed by atoms with Crippen molar-refractivity contribution in [3.8, 4) is 0 Å². The molecule has 0 spiro atoms. The number of para-hydroxylation sites is 2. The maximum absolute atomic E-state index is 5.57. The SMILES string of the molecule is c1ccc2oc(NCCCC3CC3)nc2c1. The summed E-state index contributed by atoms with van der Waals surface area (Å²) in [6.07, 6.45) is 5.42. The predicted octanol–water partition coefficient (Wildman–Crippen LogP) is 3.43. The minimum absolute atomic E-state index is 0.650. The first-order valence-electron chi connectivity index (χ1n) is 6.01. The highest BCUT2D eigenvalue weighted by Crippen LogP contribution is 2.33. The summed E-state index contributed by atoms with van der Waals surface area (Å²) in [6.45, 7) is 0.962. The number of rotatable bonds is 5. The first-order valence-corrected chi connectivity index (χ1v) is 6.01. The molecule has 1 aromatic carbocycles. The Labute approximate surface area is 94.9 Å². The number of nitrogens with one attached hydrogen (secondary N) is 1. The van der Waals surface area contributed by atoms with E-state index in [1.54, 1.807) is 0 Å². The first kappa shape index (κ1) is 9.70. The maximum Gasteiger partial charge on any atom is 0.295 e. The van der Waals surface area contributed by atoms with Gasteiger partial charge in [0.15, 0.2) is 5.58 Å². The van der Waals surface area contributed by atoms with Crippen LogP contribution in [0.5, 0.6) is 0 Å². The van der Waals surface area contributed by atoms with E-state index < -0.39 is 0 Å². The predicted molar refractivity (Wildman–Crippen MR) is 64.5 cm³/mol. The van der Waals surface area contributed by atoms with E-state index >= 15 is 0 Å². The van der Waals surface area contributed by atoms with Crippen molar-refractivity contribution in [2.75, 3.05) is 11.9 Å². The van der Waals surface area contributed by atoms with Crippen LogP contribution < -0.4 is 5.32 Å². The second-order valence-electron chi connectivity index (χ2n) is 4.50. The second kappa shape index (κ2) is 4.16. The molecule has 0 saturated heterocycles. The minimum Gasteiger partial charge on any atom is -0.424 e. The quantitative estimate of drug-likeness (QED) is 0.778. The van der Waals surface area contributed by atoms with Gasteiger partial charge in [-0.25, -0.2) is 0 Å². The maximum atomic E-state index is 5.57. The molecule has 1 aliphatic rings. The first-order chi connectivity index (χ1) is 7.92. The molecule has 0 bridgehead atoms. The monoisotopic (exact) mass is 216 g/mol. The third-order valence-electron chi connectivity index (χ3n) is 3.06. The van der Waals surface area contributed by atoms with Crippen LogP contribution in [0.3, 0.4) is 0 Å². The molecular weight excluding hydrogens is 200 g/mol. The van der Waals surface area contributed by atoms with E-state index in [4.69, 9.17) is 4.42 Å². The molecule has 16 heavy (non-hydrogen) atoms. The fourth-order valence-corrected chi connectivity index (χ4v) is 1.94. The van der Waals surface area contributed by atoms with Gasteiger partial charge in [0, 0.05) is 6.54 Å². The number of aromatic nitrogens is 1. The Morgan fingerprint density at radius 2 is 2.19 bits per heavy atom. The molecule has 1 heterocycles. The number of nitrogens with zero attached hydrogens (tertiary/aromatic N) is 1. The molecule has 0 atom stereocenters. The van der Waals surface area contributed by atoms with Crippen LogP contribution in [0.15, 0.2) is 28.7 Å². The molecule has 3 heteroatoms. The summed E-state index contributed by atoms with van der Waals surface area (Å²) in [6, 6.07) is 8.50. The molecular formula is C13H16N2O. The van der Waals surface area contributed by atoms with Crippen molar-refractivity contribution in [2.24, 2.45) is 5.92 Å². The number of hydrogen-bond donors (Lipinski definition) is 1. The fourth-order valence-electron chi connectivity index (χ4n) is 1.94. The van der Waals surface area contributed by atoms with Crippen LogP contribution in [0.25, 0.3) is 11.1 Å². The van der Waals surface area contributed by atoms with E-state index in [9.17, 15) is 0 Å². The third kappa shape index (κ3) is 2.18. The lowest BCUT2D eigenvalue weighted by Crippen LogP contribution is -2.01. The zero-order chi connectivity index (χ0) is 10.8. The summed E-state index contributed by atoms with van der Waals surface area (Å²) in [5.41, 5.74) is 1.78. The average Bonchev–Trinajstić information content (AvgIpc) is 3.03. The molecule has 1 aliphatic carbocycles. The average molecular weight is 216 g/mol. The van der Waals surface area contributed by atoms with Crippen LogP contribution in [-0.2, 0) is 0 Å². The summed E-state index contributed by atoms with van der Waals surface area (Å²) in [7, 11) is 0. The lowest BCUT2D eigenvalue weighted by molar-refractivity contribution is 0.605. The largest absolute Gasteiger partial charge is 0.424 e. The Morgan fingerprint density at radius 1 is 1.31 bits per heavy atom. The zero-order valence-electron chi connectivity index (χ0n) is 9.28. The summed E-state index contributed by atoms with van der Waals surface area (Å²) >= 11 is 0. The van der Waals surface area contributed by atoms with Gasteiger partial charge >= 0.3 is 0 Å². The van der Waals surface area contributed by atoms with Crippen molar-refractivity contribution in [3.63, 3.8) is 0 Å². The summed E-state index contributed by atoms with van der Waals surface area (Å²) < 4.78 is 5.57. The van der Waals surface area contributed by atoms with E-state index in [2.05, 4.69) is 10.3 Å². The molecule has 1 N–H and O–H groups in total. The Morgan fingerprint density at radius 3 is 3.00 bits per heavy atom. The fraction of sp³-hybridized carbons (Fsp3) is 0.462. The van der Waals surface area contributed by atoms with Gasteiger partial charge in [-0.1, -0.05) is 25.0 Å². The van der Waals surface area contributed by atoms with Crippen molar-refractivity contribution in [2.45, 2.75) is 25.7 Å². The summed E-state index contributed by atoms with van der Waals surface area (Å²) in [5, 5.41) is 3.24. The number of oxazole rings is 1. The van der Waals surface area contributed by atoms with E-state index in [1.807, 2.05) is 24.3 Å². The lowest BCUT2D eigenvalue weighted by atomic mass is 10.2. The van der Waals surface area contributed by atoms with Gasteiger partial charge in [0.1, 0.15) is 5.52 Å². The van der Waals surface area contributed by atoms with Crippen molar-refractivity contribution >= 4 is 17.1 Å². The van der Waals surface area contributed by atoms with Gasteiger partial charge in [0.2, 0.25) is 0 Å². The van der Waals surface area contributed by atoms with E-state index in [-0.39, 0.29) is 0 Å². The van der Waals surface area contributed by atoms with Gasteiger partial charge < -0.3 is 9.73 Å². The van der Waals surface area contributed by atoms with Crippen molar-refractivity contribution in [1.29, 1.82) is 0 Å². The number of benzene rings is 1. The second-order valence-corrected chi connectivity index (χ2v) is 4.50. The Hall–Kier alpha value is -1.51. The van der Waals surface area contributed by atoms with Crippen LogP contribution in [0, 0.1) is 5.92 Å². The van der Waals surface area contributed by atoms with Gasteiger partial charge in [-0.05, 0) is 30.9 Å². The Balaban J connectivity index is 1.56. The van der Waals surface area contributed by atoms with Gasteiger partial charge in [-0.15, -0.1) is 0 Å². The highest BCUT2D eigenvalue weighted by atomic mass is 16.4. The molecule has 0 unspecified atom stereocenters. The van der Waals surface area contributed by atoms with Gasteiger partial charge in [0.25, 0.3) is 6.01 Å². The van der Waals surface area contributed by atoms with Crippen LogP contribution in [0.1, 0.15) is 25.7 Å². The summed E-state index contributed by atoms with van der Waals surface area (Å²) in [5.74, 6) is 1.01. The number of hydrogen-bond acceptors (Lipinski definition) is 3. The standard InChI is InChI=1S/C13H16N2O/c1-2-6-12-11(5-1)15-13(16-12)14-9-3-4-10-7-8-10/h1-2,5-6,10H,3-4,7-9H2,(H,14,15). The molecule has 1 saturated carbocycles. The zero-order valence-corrected chi connectivity index (χ0v) is 9.28. The molecule has 3 nitrogen and oxygen atoms in total. The highest BCUT2D eigenvalue weighted by Gasteiger charge is 2.20. The van der Waals surface area contributed by atoms with Crippen LogP contribution in [0.4, 0.5) is 6.01 Å². The van der Waals surface area contributed by atoms with Crippen molar-refractivity contribution in [1.82, 2.24) is 4.98 Å². The highest BCUT2D eigenvalue weighted by molar-refractivity contribution is 5.74. The van der Waals surface area contributed by atoms with E-state index in [0.717, 1.165) is 23.6 Å². The summed E-state index contributed by atoms with van der Waals surface area (Å²) in [4.78, 5) is 4.37. The third-order valence-corrected chi connectivity index (χ3v) is 3.06. The van der Waals surface area contributed by atoms with Gasteiger partial charge in [-0.3, -0.25) is 0 Å². The van der Waals surface area contributed by atoms with Gasteiger partial charge in [0.05, 0.1) is 0 Å². The molecule has 1 fully saturated rings. The molecule has 2 aromatic rings. The van der Waals surface area contributed by atoms with Gasteiger partial charge in [-0.2, -0.15) is 4.98 Å². The Kier molecular flexibility index (Phi) is 2.52. The van der Waals surface area contributed by atoms with E-state index in [0.29, 0.717) is 6.01 Å². The molecule has 0 radical (unpaired) electrons. The molecule has 0 aliphatic heterocycles. The van der Waals surface area contributed by atoms with Crippen LogP contribution in [0.2, 0.25) is 0 Å². The van der Waals surface area contributed by atoms with Crippen molar-refractivity contribution in [3.05, 3.63) is 24.3 Å². The number of fused-ring (bicyclic) bond motifs is 1. The molecule has 3 rings (SSSR count). The van der Waals surface area contributed by atoms with Crippen LogP contribution in [-0.4, -0.2) is 11.5 Å². The lowest BCUT2D eigenvalue weighted by Gasteiger charge is -1.99. The van der Waals surface area contributed by atoms with E-state index in [1.165, 1.54) is 25.7 Å². The normalized spacial score (nSPS) is 15.5. The molecule has 84 valence electrons. The molecule has 0 amide bonds. The van der Waals surface area contributed by atoms with Crippen molar-refractivity contribution < 1.29 is 4.42 Å². The molecule has 1 aromatic heterocycles. The topological polar surface area (TPSA) is 38.1 Å².